The Morgan fingerprint density at radius 2 is 2.05 bits per heavy atom. The van der Waals surface area contributed by atoms with Gasteiger partial charge in [-0.2, -0.15) is 0 Å². The molecule has 0 radical (unpaired) electrons. The predicted octanol–water partition coefficient (Wildman–Crippen LogP) is 2.45. The number of rotatable bonds is 5. The number of amides is 1. The van der Waals surface area contributed by atoms with E-state index in [2.05, 4.69) is 5.32 Å². The van der Waals surface area contributed by atoms with Gasteiger partial charge >= 0.3 is 0 Å². The average molecular weight is 271 g/mol. The fourth-order valence-corrected chi connectivity index (χ4v) is 1.73. The highest BCUT2D eigenvalue weighted by atomic mass is 16.4. The lowest BCUT2D eigenvalue weighted by Gasteiger charge is -2.07. The van der Waals surface area contributed by atoms with Crippen molar-refractivity contribution in [2.45, 2.75) is 13.0 Å². The van der Waals surface area contributed by atoms with Crippen molar-refractivity contribution in [3.63, 3.8) is 0 Å². The number of hydrogen-bond acceptors (Lipinski definition) is 3. The van der Waals surface area contributed by atoms with Crippen molar-refractivity contribution in [3.8, 4) is 0 Å². The van der Waals surface area contributed by atoms with Gasteiger partial charge in [0.2, 0.25) is 5.91 Å². The van der Waals surface area contributed by atoms with Crippen LogP contribution in [-0.4, -0.2) is 17.6 Å². The van der Waals surface area contributed by atoms with Crippen molar-refractivity contribution in [1.82, 2.24) is 5.32 Å². The van der Waals surface area contributed by atoms with Crippen LogP contribution in [0.1, 0.15) is 23.2 Å². The molecule has 2 aromatic rings. The second-order valence-corrected chi connectivity index (χ2v) is 4.45. The Morgan fingerprint density at radius 3 is 2.70 bits per heavy atom. The lowest BCUT2D eigenvalue weighted by atomic mass is 10.2. The number of carbonyl (C=O) groups is 1. The molecule has 0 aliphatic heterocycles. The van der Waals surface area contributed by atoms with Gasteiger partial charge in [-0.3, -0.25) is 4.79 Å². The number of aryl methyl sites for hydroxylation is 1. The Hall–Kier alpha value is -2.33. The number of furan rings is 1. The SMILES string of the molecule is Cc1ccc([C@@H](O)CNC(=O)/C=C/c2ccccc2)o1. The molecule has 104 valence electrons. The molecule has 20 heavy (non-hydrogen) atoms. The molecule has 1 amide bonds. The number of nitrogens with one attached hydrogen (secondary N) is 1. The van der Waals surface area contributed by atoms with Gasteiger partial charge in [0.1, 0.15) is 17.6 Å². The summed E-state index contributed by atoms with van der Waals surface area (Å²) < 4.78 is 5.29. The zero-order valence-corrected chi connectivity index (χ0v) is 11.2. The second-order valence-electron chi connectivity index (χ2n) is 4.45. The van der Waals surface area contributed by atoms with Crippen LogP contribution in [0.25, 0.3) is 6.08 Å². The van der Waals surface area contributed by atoms with Crippen LogP contribution in [0.15, 0.2) is 53.0 Å². The van der Waals surface area contributed by atoms with Crippen LogP contribution in [0.4, 0.5) is 0 Å². The first-order valence-electron chi connectivity index (χ1n) is 6.40. The maximum Gasteiger partial charge on any atom is 0.244 e. The van der Waals surface area contributed by atoms with Crippen LogP contribution in [0.2, 0.25) is 0 Å². The fraction of sp³-hybridized carbons (Fsp3) is 0.188. The molecule has 0 aliphatic carbocycles. The van der Waals surface area contributed by atoms with Gasteiger partial charge in [0.15, 0.2) is 0 Å². The second kappa shape index (κ2) is 6.73. The fourth-order valence-electron chi connectivity index (χ4n) is 1.73. The normalized spacial score (nSPS) is 12.5. The molecule has 4 nitrogen and oxygen atoms in total. The molecule has 1 atom stereocenters. The molecule has 1 aromatic heterocycles. The smallest absolute Gasteiger partial charge is 0.244 e. The Labute approximate surface area is 117 Å². The molecule has 1 aromatic carbocycles. The zero-order valence-electron chi connectivity index (χ0n) is 11.2. The predicted molar refractivity (Wildman–Crippen MR) is 76.9 cm³/mol. The summed E-state index contributed by atoms with van der Waals surface area (Å²) in [6.07, 6.45) is 2.33. The van der Waals surface area contributed by atoms with Gasteiger partial charge in [-0.25, -0.2) is 0 Å². The third-order valence-electron chi connectivity index (χ3n) is 2.79. The van der Waals surface area contributed by atoms with E-state index in [4.69, 9.17) is 4.42 Å². The van der Waals surface area contributed by atoms with Gasteiger partial charge in [0.25, 0.3) is 0 Å². The minimum absolute atomic E-state index is 0.116. The van der Waals surface area contributed by atoms with E-state index in [9.17, 15) is 9.90 Å². The van der Waals surface area contributed by atoms with E-state index in [1.165, 1.54) is 6.08 Å². The lowest BCUT2D eigenvalue weighted by Crippen LogP contribution is -2.26. The zero-order chi connectivity index (χ0) is 14.4. The van der Waals surface area contributed by atoms with Crippen LogP contribution < -0.4 is 5.32 Å². The lowest BCUT2D eigenvalue weighted by molar-refractivity contribution is -0.116. The summed E-state index contributed by atoms with van der Waals surface area (Å²) in [6.45, 7) is 1.92. The Morgan fingerprint density at radius 1 is 1.30 bits per heavy atom. The maximum absolute atomic E-state index is 11.6. The molecule has 1 heterocycles. The molecule has 2 N–H and O–H groups in total. The molecule has 0 saturated carbocycles. The highest BCUT2D eigenvalue weighted by Gasteiger charge is 2.11. The first-order chi connectivity index (χ1) is 9.65. The maximum atomic E-state index is 11.6. The van der Waals surface area contributed by atoms with Crippen LogP contribution in [0, 0.1) is 6.92 Å². The number of hydrogen-bond donors (Lipinski definition) is 2. The third-order valence-corrected chi connectivity index (χ3v) is 2.79. The summed E-state index contributed by atoms with van der Waals surface area (Å²) >= 11 is 0. The molecule has 2 rings (SSSR count). The van der Waals surface area contributed by atoms with E-state index >= 15 is 0 Å². The molecule has 4 heteroatoms. The Balaban J connectivity index is 1.82. The summed E-state index contributed by atoms with van der Waals surface area (Å²) in [7, 11) is 0. The van der Waals surface area contributed by atoms with E-state index in [0.29, 0.717) is 5.76 Å². The number of aliphatic hydroxyl groups excluding tert-OH is 1. The number of aliphatic hydroxyl groups is 1. The summed E-state index contributed by atoms with van der Waals surface area (Å²) in [5.41, 5.74) is 0.949. The highest BCUT2D eigenvalue weighted by Crippen LogP contribution is 2.14. The van der Waals surface area contributed by atoms with Crippen LogP contribution >= 0.6 is 0 Å². The average Bonchev–Trinajstić information content (AvgIpc) is 2.90. The number of carbonyl (C=O) groups excluding carboxylic acids is 1. The van der Waals surface area contributed by atoms with Crippen molar-refractivity contribution in [1.29, 1.82) is 0 Å². The van der Waals surface area contributed by atoms with Gasteiger partial charge in [0, 0.05) is 6.08 Å². The molecule has 0 spiro atoms. The van der Waals surface area contributed by atoms with E-state index in [0.717, 1.165) is 11.3 Å². The highest BCUT2D eigenvalue weighted by molar-refractivity contribution is 5.91. The quantitative estimate of drug-likeness (QED) is 0.821. The van der Waals surface area contributed by atoms with Crippen LogP contribution in [-0.2, 0) is 4.79 Å². The molecular weight excluding hydrogens is 254 g/mol. The minimum Gasteiger partial charge on any atom is -0.464 e. The molecule has 0 saturated heterocycles. The van der Waals surface area contributed by atoms with Gasteiger partial charge in [-0.1, -0.05) is 30.3 Å². The van der Waals surface area contributed by atoms with Gasteiger partial charge in [-0.05, 0) is 30.7 Å². The summed E-state index contributed by atoms with van der Waals surface area (Å²) in [6, 6.07) is 13.0. The van der Waals surface area contributed by atoms with Crippen molar-refractivity contribution < 1.29 is 14.3 Å². The topological polar surface area (TPSA) is 62.5 Å². The van der Waals surface area contributed by atoms with Crippen molar-refractivity contribution in [2.75, 3.05) is 6.54 Å². The molecule has 0 unspecified atom stereocenters. The van der Waals surface area contributed by atoms with Gasteiger partial charge in [-0.15, -0.1) is 0 Å². The van der Waals surface area contributed by atoms with Crippen molar-refractivity contribution in [2.24, 2.45) is 0 Å². The molecule has 0 bridgehead atoms. The number of benzene rings is 1. The van der Waals surface area contributed by atoms with E-state index in [-0.39, 0.29) is 12.5 Å². The minimum atomic E-state index is -0.835. The first kappa shape index (κ1) is 14.1. The monoisotopic (exact) mass is 271 g/mol. The van der Waals surface area contributed by atoms with Crippen LogP contribution in [0.3, 0.4) is 0 Å². The summed E-state index contributed by atoms with van der Waals surface area (Å²) in [5, 5.41) is 12.5. The summed E-state index contributed by atoms with van der Waals surface area (Å²) in [5.74, 6) is 0.931. The molecule has 0 fully saturated rings. The largest absolute Gasteiger partial charge is 0.464 e. The first-order valence-corrected chi connectivity index (χ1v) is 6.40. The Bertz CT molecular complexity index is 587. The van der Waals surface area contributed by atoms with Crippen molar-refractivity contribution in [3.05, 3.63) is 65.6 Å². The Kier molecular flexibility index (Phi) is 4.74. The standard InChI is InChI=1S/C16H17NO3/c1-12-7-9-15(20-12)14(18)11-17-16(19)10-8-13-5-3-2-4-6-13/h2-10,14,18H,11H2,1H3,(H,17,19)/b10-8+/t14-/m0/s1. The van der Waals surface area contributed by atoms with Gasteiger partial charge < -0.3 is 14.8 Å². The van der Waals surface area contributed by atoms with E-state index in [1.54, 1.807) is 25.1 Å². The van der Waals surface area contributed by atoms with Crippen LogP contribution in [0.5, 0.6) is 0 Å². The summed E-state index contributed by atoms with van der Waals surface area (Å²) in [4.78, 5) is 11.6. The van der Waals surface area contributed by atoms with E-state index < -0.39 is 6.10 Å². The molecular formula is C16H17NO3. The van der Waals surface area contributed by atoms with Gasteiger partial charge in [0.05, 0.1) is 6.54 Å². The third kappa shape index (κ3) is 4.10. The molecule has 0 aliphatic rings. The van der Waals surface area contributed by atoms with Crippen molar-refractivity contribution >= 4 is 12.0 Å². The van der Waals surface area contributed by atoms with E-state index in [1.807, 2.05) is 30.3 Å².